The Labute approximate surface area is 176 Å². The van der Waals surface area contributed by atoms with Crippen LogP contribution in [0.2, 0.25) is 0 Å². The molecule has 2 amide bonds. The van der Waals surface area contributed by atoms with Gasteiger partial charge in [-0.15, -0.1) is 0 Å². The van der Waals surface area contributed by atoms with E-state index in [1.807, 2.05) is 11.8 Å². The topological polar surface area (TPSA) is 133 Å². The minimum Gasteiger partial charge on any atom is -0.378 e. The van der Waals surface area contributed by atoms with Crippen LogP contribution in [0.25, 0.3) is 0 Å². The van der Waals surface area contributed by atoms with E-state index in [9.17, 15) is 14.8 Å². The first kappa shape index (κ1) is 22.2. The van der Waals surface area contributed by atoms with Crippen molar-refractivity contribution in [2.45, 2.75) is 46.0 Å². The van der Waals surface area contributed by atoms with E-state index < -0.39 is 5.41 Å². The van der Waals surface area contributed by atoms with Crippen LogP contribution < -0.4 is 15.8 Å². The molecule has 30 heavy (non-hydrogen) atoms. The number of aryl methyl sites for hydroxylation is 1. The standard InChI is InChI=1S/C19H31N7O4/c1-3-15-20-17(22-18(21-15)25-8-10-30-11-9-25)24-23-16(28)19(12-26(29)13-27)6-4-14(2)5-7-19/h13-14,29H,3-12H2,1-2H3,(H,23,28)(H,20,21,22,24). The van der Waals surface area contributed by atoms with Gasteiger partial charge in [0.15, 0.2) is 0 Å². The first-order valence-corrected chi connectivity index (χ1v) is 10.5. The van der Waals surface area contributed by atoms with Crippen molar-refractivity contribution < 1.29 is 19.5 Å². The number of nitrogens with one attached hydrogen (secondary N) is 2. The molecular weight excluding hydrogens is 390 g/mol. The summed E-state index contributed by atoms with van der Waals surface area (Å²) >= 11 is 0. The number of anilines is 2. The molecule has 3 rings (SSSR count). The summed E-state index contributed by atoms with van der Waals surface area (Å²) in [4.78, 5) is 39.3. The number of aromatic nitrogens is 3. The molecule has 3 N–H and O–H groups in total. The minimum absolute atomic E-state index is 0.0484. The van der Waals surface area contributed by atoms with Crippen molar-refractivity contribution in [3.8, 4) is 0 Å². The maximum Gasteiger partial charge on any atom is 0.246 e. The van der Waals surface area contributed by atoms with E-state index in [0.717, 1.165) is 12.8 Å². The molecule has 1 aromatic heterocycles. The number of nitrogens with zero attached hydrogens (tertiary/aromatic N) is 5. The Kier molecular flexibility index (Phi) is 7.38. The largest absolute Gasteiger partial charge is 0.378 e. The van der Waals surface area contributed by atoms with Crippen LogP contribution in [0.5, 0.6) is 0 Å². The molecule has 1 saturated carbocycles. The van der Waals surface area contributed by atoms with E-state index in [0.29, 0.717) is 74.7 Å². The Balaban J connectivity index is 1.72. The molecule has 2 aliphatic rings. The Morgan fingerprint density at radius 3 is 2.63 bits per heavy atom. The fraction of sp³-hybridized carbons (Fsp3) is 0.737. The van der Waals surface area contributed by atoms with E-state index >= 15 is 0 Å². The Bertz CT molecular complexity index is 734. The number of morpholine rings is 1. The lowest BCUT2D eigenvalue weighted by Gasteiger charge is -2.38. The molecule has 0 spiro atoms. The second-order valence-corrected chi connectivity index (χ2v) is 8.07. The van der Waals surface area contributed by atoms with Gasteiger partial charge in [-0.25, -0.2) is 5.06 Å². The molecule has 1 saturated heterocycles. The monoisotopic (exact) mass is 421 g/mol. The summed E-state index contributed by atoms with van der Waals surface area (Å²) in [6.45, 7) is 6.66. The van der Waals surface area contributed by atoms with Crippen LogP contribution >= 0.6 is 0 Å². The molecule has 0 bridgehead atoms. The Morgan fingerprint density at radius 2 is 2.00 bits per heavy atom. The summed E-state index contributed by atoms with van der Waals surface area (Å²) in [7, 11) is 0. The number of carbonyl (C=O) groups excluding carboxylic acids is 2. The molecule has 0 atom stereocenters. The van der Waals surface area contributed by atoms with Gasteiger partial charge >= 0.3 is 0 Å². The zero-order chi connectivity index (χ0) is 21.6. The summed E-state index contributed by atoms with van der Waals surface area (Å²) in [5, 5.41) is 10.3. The van der Waals surface area contributed by atoms with Crippen molar-refractivity contribution >= 4 is 24.2 Å². The van der Waals surface area contributed by atoms with Crippen LogP contribution in [0.15, 0.2) is 0 Å². The van der Waals surface area contributed by atoms with Crippen molar-refractivity contribution in [2.24, 2.45) is 11.3 Å². The molecule has 2 heterocycles. The van der Waals surface area contributed by atoms with E-state index in [4.69, 9.17) is 4.74 Å². The second kappa shape index (κ2) is 9.98. The minimum atomic E-state index is -0.858. The highest BCUT2D eigenvalue weighted by Gasteiger charge is 2.42. The zero-order valence-electron chi connectivity index (χ0n) is 17.6. The highest BCUT2D eigenvalue weighted by atomic mass is 16.5. The number of hydrogen-bond acceptors (Lipinski definition) is 9. The molecule has 1 aromatic rings. The quantitative estimate of drug-likeness (QED) is 0.316. The van der Waals surface area contributed by atoms with Gasteiger partial charge in [0.05, 0.1) is 25.2 Å². The smallest absolute Gasteiger partial charge is 0.246 e. The zero-order valence-corrected chi connectivity index (χ0v) is 17.6. The number of rotatable bonds is 8. The van der Waals surface area contributed by atoms with Crippen molar-refractivity contribution in [1.82, 2.24) is 25.4 Å². The van der Waals surface area contributed by atoms with Crippen molar-refractivity contribution in [2.75, 3.05) is 43.2 Å². The SMILES string of the molecule is CCc1nc(NNC(=O)C2(CN(O)C=O)CCC(C)CC2)nc(N2CCOCC2)n1. The summed E-state index contributed by atoms with van der Waals surface area (Å²) in [6.07, 6.45) is 3.84. The summed E-state index contributed by atoms with van der Waals surface area (Å²) in [5.41, 5.74) is 4.65. The third-order valence-corrected chi connectivity index (χ3v) is 5.87. The van der Waals surface area contributed by atoms with Crippen molar-refractivity contribution in [3.63, 3.8) is 0 Å². The Morgan fingerprint density at radius 1 is 1.30 bits per heavy atom. The van der Waals surface area contributed by atoms with Crippen molar-refractivity contribution in [1.29, 1.82) is 0 Å². The maximum atomic E-state index is 13.1. The second-order valence-electron chi connectivity index (χ2n) is 8.07. The highest BCUT2D eigenvalue weighted by molar-refractivity contribution is 5.84. The van der Waals surface area contributed by atoms with Crippen LogP contribution in [0, 0.1) is 11.3 Å². The lowest BCUT2D eigenvalue weighted by atomic mass is 9.70. The van der Waals surface area contributed by atoms with Crippen LogP contribution in [0.3, 0.4) is 0 Å². The normalized spacial score (nSPS) is 24.2. The molecule has 0 aromatic carbocycles. The van der Waals surface area contributed by atoms with Crippen LogP contribution in [-0.4, -0.2) is 70.4 Å². The van der Waals surface area contributed by atoms with Gasteiger partial charge in [-0.2, -0.15) is 15.0 Å². The van der Waals surface area contributed by atoms with Gasteiger partial charge in [-0.3, -0.25) is 25.6 Å². The van der Waals surface area contributed by atoms with E-state index in [-0.39, 0.29) is 18.4 Å². The van der Waals surface area contributed by atoms with Crippen molar-refractivity contribution in [3.05, 3.63) is 5.82 Å². The molecule has 1 aliphatic heterocycles. The first-order valence-electron chi connectivity index (χ1n) is 10.5. The maximum absolute atomic E-state index is 13.1. The molecule has 2 fully saturated rings. The molecule has 1 aliphatic carbocycles. The molecule has 0 radical (unpaired) electrons. The number of amides is 2. The van der Waals surface area contributed by atoms with Gasteiger partial charge < -0.3 is 9.64 Å². The van der Waals surface area contributed by atoms with Gasteiger partial charge in [0.25, 0.3) is 0 Å². The Hall–Kier alpha value is -2.53. The lowest BCUT2D eigenvalue weighted by Crippen LogP contribution is -2.51. The number of ether oxygens (including phenoxy) is 1. The number of hydrazine groups is 1. The van der Waals surface area contributed by atoms with Gasteiger partial charge in [0.2, 0.25) is 24.2 Å². The van der Waals surface area contributed by atoms with E-state index in [1.165, 1.54) is 0 Å². The molecule has 11 nitrogen and oxygen atoms in total. The third-order valence-electron chi connectivity index (χ3n) is 5.87. The molecular formula is C19H31N7O4. The van der Waals surface area contributed by atoms with Crippen LogP contribution in [0.4, 0.5) is 11.9 Å². The molecule has 11 heteroatoms. The number of hydroxylamine groups is 2. The third kappa shape index (κ3) is 5.33. The van der Waals surface area contributed by atoms with Gasteiger partial charge in [0.1, 0.15) is 5.82 Å². The number of carbonyl (C=O) groups is 2. The fourth-order valence-corrected chi connectivity index (χ4v) is 3.89. The molecule has 0 unspecified atom stereocenters. The average molecular weight is 422 g/mol. The first-order chi connectivity index (χ1) is 14.5. The summed E-state index contributed by atoms with van der Waals surface area (Å²) in [6, 6.07) is 0. The van der Waals surface area contributed by atoms with Gasteiger partial charge in [0, 0.05) is 19.5 Å². The summed E-state index contributed by atoms with van der Waals surface area (Å²) in [5.74, 6) is 1.64. The molecule has 166 valence electrons. The van der Waals surface area contributed by atoms with Gasteiger partial charge in [-0.1, -0.05) is 13.8 Å². The van der Waals surface area contributed by atoms with Gasteiger partial charge in [-0.05, 0) is 31.6 Å². The fourth-order valence-electron chi connectivity index (χ4n) is 3.89. The summed E-state index contributed by atoms with van der Waals surface area (Å²) < 4.78 is 5.38. The number of hydrogen-bond donors (Lipinski definition) is 3. The highest BCUT2D eigenvalue weighted by Crippen LogP contribution is 2.39. The predicted molar refractivity (Wildman–Crippen MR) is 109 cm³/mol. The van der Waals surface area contributed by atoms with E-state index in [2.05, 4.69) is 32.7 Å². The van der Waals surface area contributed by atoms with Crippen LogP contribution in [-0.2, 0) is 20.7 Å². The van der Waals surface area contributed by atoms with E-state index in [1.54, 1.807) is 0 Å². The lowest BCUT2D eigenvalue weighted by molar-refractivity contribution is -0.163. The average Bonchev–Trinajstić information content (AvgIpc) is 2.79. The van der Waals surface area contributed by atoms with Crippen LogP contribution in [0.1, 0.15) is 45.4 Å². The predicted octanol–water partition coefficient (Wildman–Crippen LogP) is 0.758.